The van der Waals surface area contributed by atoms with E-state index in [0.717, 1.165) is 17.1 Å². The van der Waals surface area contributed by atoms with Crippen LogP contribution in [0.4, 0.5) is 0 Å². The van der Waals surface area contributed by atoms with Gasteiger partial charge >= 0.3 is 0 Å². The predicted octanol–water partition coefficient (Wildman–Crippen LogP) is 2.95. The molecule has 1 N–H and O–H groups in total. The summed E-state index contributed by atoms with van der Waals surface area (Å²) < 4.78 is 10.6. The normalized spacial score (nSPS) is 10.7. The van der Waals surface area contributed by atoms with Gasteiger partial charge in [-0.1, -0.05) is 48.5 Å². The number of ether oxygens (including phenoxy) is 2. The molecule has 0 aromatic heterocycles. The molecule has 3 aromatic carbocycles. The first-order valence-corrected chi connectivity index (χ1v) is 9.37. The van der Waals surface area contributed by atoms with Crippen LogP contribution in [0.5, 0.6) is 11.5 Å². The lowest BCUT2D eigenvalue weighted by Crippen LogP contribution is -2.20. The van der Waals surface area contributed by atoms with Crippen molar-refractivity contribution in [3.05, 3.63) is 78.4 Å². The second kappa shape index (κ2) is 8.15. The van der Waals surface area contributed by atoms with Crippen molar-refractivity contribution < 1.29 is 14.6 Å². The molecule has 0 aliphatic heterocycles. The van der Waals surface area contributed by atoms with Crippen LogP contribution in [0.25, 0.3) is 0 Å². The molecule has 0 bridgehead atoms. The maximum Gasteiger partial charge on any atom is 0.118 e. The van der Waals surface area contributed by atoms with Crippen molar-refractivity contribution >= 4 is 23.8 Å². The molecule has 0 fully saturated rings. The third kappa shape index (κ3) is 4.01. The average molecular weight is 352 g/mol. The van der Waals surface area contributed by atoms with Crippen LogP contribution in [0.1, 0.15) is 5.56 Å². The van der Waals surface area contributed by atoms with E-state index >= 15 is 0 Å². The van der Waals surface area contributed by atoms with E-state index in [4.69, 9.17) is 9.47 Å². The molecule has 0 saturated carbocycles. The van der Waals surface area contributed by atoms with Crippen LogP contribution in [0.2, 0.25) is 0 Å². The third-order valence-electron chi connectivity index (χ3n) is 4.04. The van der Waals surface area contributed by atoms with Gasteiger partial charge in [0.25, 0.3) is 0 Å². The molecule has 0 spiro atoms. The molecule has 0 radical (unpaired) electrons. The van der Waals surface area contributed by atoms with Crippen LogP contribution < -0.4 is 25.4 Å². The minimum Gasteiger partial charge on any atom is -0.497 e. The molecule has 3 rings (SSSR count). The maximum atomic E-state index is 9.29. The summed E-state index contributed by atoms with van der Waals surface area (Å²) in [5.74, 6) is 1.70. The molecule has 0 unspecified atom stereocenters. The van der Waals surface area contributed by atoms with E-state index in [0.29, 0.717) is 0 Å². The summed E-state index contributed by atoms with van der Waals surface area (Å²) in [5, 5.41) is 13.0. The van der Waals surface area contributed by atoms with Gasteiger partial charge in [-0.15, -0.1) is 0 Å². The summed E-state index contributed by atoms with van der Waals surface area (Å²) in [6, 6.07) is 24.6. The summed E-state index contributed by atoms with van der Waals surface area (Å²) in [5.41, 5.74) is 0.920. The Bertz CT molecular complexity index is 683. The standard InChI is InChI=1S/C21H21O3P/c1-23-17-5-11-20(12-6-17)25(19-9-3-16(15-22)4-10-19)21-13-7-18(24-2)8-14-21/h3-14,22H,15H2,1-2H3. The van der Waals surface area contributed by atoms with Crippen molar-refractivity contribution in [3.63, 3.8) is 0 Å². The highest BCUT2D eigenvalue weighted by Gasteiger charge is 2.16. The van der Waals surface area contributed by atoms with Gasteiger partial charge in [0.05, 0.1) is 20.8 Å². The Kier molecular flexibility index (Phi) is 5.70. The number of hydrogen-bond donors (Lipinski definition) is 1. The SMILES string of the molecule is COc1ccc(P(c2ccc(CO)cc2)c2ccc(OC)cc2)cc1. The first-order chi connectivity index (χ1) is 12.2. The molecule has 3 aromatic rings. The van der Waals surface area contributed by atoms with Crippen LogP contribution in [0.3, 0.4) is 0 Å². The Morgan fingerprint density at radius 2 is 1.00 bits per heavy atom. The van der Waals surface area contributed by atoms with Gasteiger partial charge in [-0.2, -0.15) is 0 Å². The van der Waals surface area contributed by atoms with Crippen molar-refractivity contribution in [1.82, 2.24) is 0 Å². The van der Waals surface area contributed by atoms with E-state index in [9.17, 15) is 5.11 Å². The minimum atomic E-state index is -0.691. The molecule has 0 amide bonds. The lowest BCUT2D eigenvalue weighted by atomic mass is 10.2. The molecule has 3 nitrogen and oxygen atoms in total. The zero-order valence-electron chi connectivity index (χ0n) is 14.3. The quantitative estimate of drug-likeness (QED) is 0.694. The Labute approximate surface area is 149 Å². The van der Waals surface area contributed by atoms with Crippen LogP contribution in [-0.2, 0) is 6.61 Å². The van der Waals surface area contributed by atoms with E-state index in [1.807, 2.05) is 36.4 Å². The van der Waals surface area contributed by atoms with Gasteiger partial charge in [0, 0.05) is 0 Å². The van der Waals surface area contributed by atoms with E-state index in [2.05, 4.69) is 36.4 Å². The van der Waals surface area contributed by atoms with Crippen molar-refractivity contribution in [2.24, 2.45) is 0 Å². The van der Waals surface area contributed by atoms with E-state index in [1.165, 1.54) is 15.9 Å². The molecule has 0 aliphatic carbocycles. The van der Waals surface area contributed by atoms with Crippen molar-refractivity contribution in [2.45, 2.75) is 6.61 Å². The van der Waals surface area contributed by atoms with E-state index in [-0.39, 0.29) is 6.61 Å². The monoisotopic (exact) mass is 352 g/mol. The smallest absolute Gasteiger partial charge is 0.118 e. The number of aliphatic hydroxyl groups excluding tert-OH is 1. The predicted molar refractivity (Wildman–Crippen MR) is 104 cm³/mol. The Balaban J connectivity index is 2.04. The van der Waals surface area contributed by atoms with Gasteiger partial charge < -0.3 is 14.6 Å². The lowest BCUT2D eigenvalue weighted by molar-refractivity contribution is 0.282. The second-order valence-corrected chi connectivity index (χ2v) is 7.78. The Morgan fingerprint density at radius 3 is 1.32 bits per heavy atom. The first kappa shape index (κ1) is 17.5. The second-order valence-electron chi connectivity index (χ2n) is 5.56. The fraction of sp³-hybridized carbons (Fsp3) is 0.143. The number of methoxy groups -OCH3 is 2. The lowest BCUT2D eigenvalue weighted by Gasteiger charge is -2.20. The number of benzene rings is 3. The van der Waals surface area contributed by atoms with E-state index in [1.54, 1.807) is 14.2 Å². The van der Waals surface area contributed by atoms with E-state index < -0.39 is 7.92 Å². The highest BCUT2D eigenvalue weighted by molar-refractivity contribution is 7.79. The fourth-order valence-corrected chi connectivity index (χ4v) is 4.90. The molecule has 4 heteroatoms. The van der Waals surface area contributed by atoms with Crippen LogP contribution in [0.15, 0.2) is 72.8 Å². The van der Waals surface area contributed by atoms with Crippen molar-refractivity contribution in [1.29, 1.82) is 0 Å². The summed E-state index contributed by atoms with van der Waals surface area (Å²) >= 11 is 0. The van der Waals surface area contributed by atoms with Crippen LogP contribution in [0, 0.1) is 0 Å². The first-order valence-electron chi connectivity index (χ1n) is 8.03. The van der Waals surface area contributed by atoms with Crippen molar-refractivity contribution in [3.8, 4) is 11.5 Å². The number of aliphatic hydroxyl groups is 1. The number of hydrogen-bond acceptors (Lipinski definition) is 3. The average Bonchev–Trinajstić information content (AvgIpc) is 2.70. The minimum absolute atomic E-state index is 0.0588. The molecule has 128 valence electrons. The fourth-order valence-electron chi connectivity index (χ4n) is 2.66. The van der Waals surface area contributed by atoms with Gasteiger partial charge in [-0.3, -0.25) is 0 Å². The summed E-state index contributed by atoms with van der Waals surface area (Å²) in [7, 11) is 2.66. The van der Waals surface area contributed by atoms with Crippen molar-refractivity contribution in [2.75, 3.05) is 14.2 Å². The maximum absolute atomic E-state index is 9.29. The molecule has 0 aliphatic rings. The Morgan fingerprint density at radius 1 is 0.640 bits per heavy atom. The highest BCUT2D eigenvalue weighted by atomic mass is 31.1. The Hall–Kier alpha value is -2.35. The third-order valence-corrected chi connectivity index (χ3v) is 6.48. The topological polar surface area (TPSA) is 38.7 Å². The molecule has 0 atom stereocenters. The van der Waals surface area contributed by atoms with Gasteiger partial charge in [-0.25, -0.2) is 0 Å². The zero-order chi connectivity index (χ0) is 17.6. The van der Waals surface area contributed by atoms with Crippen LogP contribution in [-0.4, -0.2) is 19.3 Å². The van der Waals surface area contributed by atoms with Gasteiger partial charge in [-0.05, 0) is 53.7 Å². The van der Waals surface area contributed by atoms with Gasteiger partial charge in [0.2, 0.25) is 0 Å². The summed E-state index contributed by atoms with van der Waals surface area (Å²) in [6.45, 7) is 0.0588. The summed E-state index contributed by atoms with van der Waals surface area (Å²) in [6.07, 6.45) is 0. The largest absolute Gasteiger partial charge is 0.497 e. The van der Waals surface area contributed by atoms with Gasteiger partial charge in [0.1, 0.15) is 11.5 Å². The summed E-state index contributed by atoms with van der Waals surface area (Å²) in [4.78, 5) is 0. The molecular formula is C21H21O3P. The molecule has 0 saturated heterocycles. The number of rotatable bonds is 6. The molecule has 25 heavy (non-hydrogen) atoms. The van der Waals surface area contributed by atoms with Crippen LogP contribution >= 0.6 is 7.92 Å². The highest BCUT2D eigenvalue weighted by Crippen LogP contribution is 2.34. The molecule has 0 heterocycles. The van der Waals surface area contributed by atoms with Gasteiger partial charge in [0.15, 0.2) is 0 Å². The molecular weight excluding hydrogens is 331 g/mol. The zero-order valence-corrected chi connectivity index (χ0v) is 15.2.